The number of aliphatic hydroxyl groups is 1. The summed E-state index contributed by atoms with van der Waals surface area (Å²) >= 11 is 1.51. The lowest BCUT2D eigenvalue weighted by molar-refractivity contribution is -0.255. The van der Waals surface area contributed by atoms with Crippen LogP contribution >= 0.6 is 11.8 Å². The number of aliphatic hydroxyl groups excluding tert-OH is 1. The van der Waals surface area contributed by atoms with Crippen LogP contribution in [0.2, 0.25) is 0 Å². The number of ether oxygens (including phenoxy) is 2. The topological polar surface area (TPSA) is 141 Å². The van der Waals surface area contributed by atoms with Crippen LogP contribution in [0.1, 0.15) is 46.1 Å². The van der Waals surface area contributed by atoms with Gasteiger partial charge in [0.2, 0.25) is 15.2 Å². The highest BCUT2D eigenvalue weighted by Gasteiger charge is 2.42. The average molecular weight is 695 g/mol. The first-order valence-corrected chi connectivity index (χ1v) is 18.2. The third kappa shape index (κ3) is 7.27. The lowest BCUT2D eigenvalue weighted by Gasteiger charge is -2.43. The fraction of sp³-hybridized carbons (Fsp3) is 0.222. The van der Waals surface area contributed by atoms with Crippen molar-refractivity contribution in [2.45, 2.75) is 47.6 Å². The number of para-hydroxylation sites is 1. The minimum absolute atomic E-state index is 0.0496. The molecule has 2 aromatic heterocycles. The van der Waals surface area contributed by atoms with E-state index >= 15 is 0 Å². The number of nitrogens with one attached hydrogen (secondary N) is 1. The summed E-state index contributed by atoms with van der Waals surface area (Å²) in [6.07, 6.45) is 0.199. The number of nitrogens with zero attached hydrogens (tertiary/aromatic N) is 5. The van der Waals surface area contributed by atoms with Gasteiger partial charge in [-0.25, -0.2) is 17.8 Å². The highest BCUT2D eigenvalue weighted by Crippen LogP contribution is 2.48. The Morgan fingerprint density at radius 3 is 2.31 bits per heavy atom. The molecule has 49 heavy (non-hydrogen) atoms. The van der Waals surface area contributed by atoms with E-state index in [0.29, 0.717) is 16.4 Å². The third-order valence-electron chi connectivity index (χ3n) is 8.53. The SMILES string of the molecule is Cn1nnnc1SCC1OC(c2ccc(CNS(=O)(=O)c3cccc4cccnc34)cc2)OC(c2ccc(CO)cc2)C1c1ccccc1. The zero-order valence-corrected chi connectivity index (χ0v) is 28.2. The van der Waals surface area contributed by atoms with Crippen molar-refractivity contribution in [1.29, 1.82) is 0 Å². The molecule has 1 saturated heterocycles. The van der Waals surface area contributed by atoms with E-state index in [0.717, 1.165) is 33.2 Å². The molecule has 1 aliphatic rings. The molecule has 0 aliphatic carbocycles. The second kappa shape index (κ2) is 14.5. The Hall–Kier alpha value is -4.50. The fourth-order valence-corrected chi connectivity index (χ4v) is 8.11. The first-order chi connectivity index (χ1) is 23.9. The van der Waals surface area contributed by atoms with Crippen molar-refractivity contribution in [1.82, 2.24) is 29.9 Å². The number of sulfonamides is 1. The number of pyridine rings is 1. The van der Waals surface area contributed by atoms with Crippen LogP contribution in [0.3, 0.4) is 0 Å². The van der Waals surface area contributed by atoms with Gasteiger partial charge in [0, 0.05) is 42.4 Å². The summed E-state index contributed by atoms with van der Waals surface area (Å²) in [6, 6.07) is 34.2. The van der Waals surface area contributed by atoms with Crippen LogP contribution in [-0.4, -0.2) is 50.6 Å². The molecule has 0 saturated carbocycles. The number of benzene rings is 4. The molecule has 0 radical (unpaired) electrons. The second-order valence-corrected chi connectivity index (χ2v) is 14.4. The zero-order chi connectivity index (χ0) is 33.8. The van der Waals surface area contributed by atoms with Crippen LogP contribution in [0.25, 0.3) is 10.9 Å². The lowest BCUT2D eigenvalue weighted by Crippen LogP contribution is -2.38. The zero-order valence-electron chi connectivity index (χ0n) is 26.5. The number of thioether (sulfide) groups is 1. The third-order valence-corrected chi connectivity index (χ3v) is 11.1. The van der Waals surface area contributed by atoms with Gasteiger partial charge in [0.15, 0.2) is 6.29 Å². The number of hydrogen-bond donors (Lipinski definition) is 2. The summed E-state index contributed by atoms with van der Waals surface area (Å²) in [7, 11) is -2.02. The number of aromatic nitrogens is 5. The maximum Gasteiger partial charge on any atom is 0.243 e. The van der Waals surface area contributed by atoms with Crippen molar-refractivity contribution in [3.8, 4) is 0 Å². The van der Waals surface area contributed by atoms with E-state index in [1.54, 1.807) is 36.1 Å². The summed E-state index contributed by atoms with van der Waals surface area (Å²) in [6.45, 7) is 0.0467. The molecule has 13 heteroatoms. The van der Waals surface area contributed by atoms with E-state index in [-0.39, 0.29) is 36.2 Å². The van der Waals surface area contributed by atoms with E-state index in [9.17, 15) is 13.5 Å². The summed E-state index contributed by atoms with van der Waals surface area (Å²) in [4.78, 5) is 4.43. The minimum Gasteiger partial charge on any atom is -0.392 e. The number of tetrazole rings is 1. The Balaban J connectivity index is 1.15. The van der Waals surface area contributed by atoms with Gasteiger partial charge in [-0.3, -0.25) is 4.98 Å². The lowest BCUT2D eigenvalue weighted by atomic mass is 9.84. The predicted molar refractivity (Wildman–Crippen MR) is 185 cm³/mol. The molecule has 6 aromatic rings. The van der Waals surface area contributed by atoms with Gasteiger partial charge < -0.3 is 14.6 Å². The van der Waals surface area contributed by atoms with Crippen molar-refractivity contribution in [3.63, 3.8) is 0 Å². The highest BCUT2D eigenvalue weighted by atomic mass is 32.2. The Labute approximate surface area is 288 Å². The van der Waals surface area contributed by atoms with Crippen LogP contribution in [0.5, 0.6) is 0 Å². The molecule has 0 spiro atoms. The normalized spacial score (nSPS) is 19.6. The van der Waals surface area contributed by atoms with Gasteiger partial charge in [0.25, 0.3) is 0 Å². The Kier molecular flexibility index (Phi) is 9.80. The van der Waals surface area contributed by atoms with E-state index in [1.165, 1.54) is 11.8 Å². The molecule has 4 atom stereocenters. The molecule has 0 bridgehead atoms. The van der Waals surface area contributed by atoms with Crippen molar-refractivity contribution in [2.24, 2.45) is 7.05 Å². The largest absolute Gasteiger partial charge is 0.392 e. The highest BCUT2D eigenvalue weighted by molar-refractivity contribution is 7.99. The van der Waals surface area contributed by atoms with E-state index < -0.39 is 16.3 Å². The van der Waals surface area contributed by atoms with Crippen molar-refractivity contribution < 1.29 is 23.0 Å². The number of aryl methyl sites for hydroxylation is 1. The van der Waals surface area contributed by atoms with Crippen LogP contribution in [0, 0.1) is 0 Å². The fourth-order valence-electron chi connectivity index (χ4n) is 5.99. The quantitative estimate of drug-likeness (QED) is 0.168. The van der Waals surface area contributed by atoms with Crippen LogP contribution in [-0.2, 0) is 39.7 Å². The molecular formula is C36H34N6O5S2. The summed E-state index contributed by atoms with van der Waals surface area (Å²) in [5, 5.41) is 23.0. The summed E-state index contributed by atoms with van der Waals surface area (Å²) in [5.74, 6) is 0.394. The Morgan fingerprint density at radius 1 is 0.837 bits per heavy atom. The van der Waals surface area contributed by atoms with Gasteiger partial charge in [-0.1, -0.05) is 109 Å². The molecule has 0 amide bonds. The van der Waals surface area contributed by atoms with Crippen LogP contribution in [0.15, 0.2) is 125 Å². The van der Waals surface area contributed by atoms with Crippen molar-refractivity contribution in [2.75, 3.05) is 5.75 Å². The minimum atomic E-state index is -3.82. The molecule has 1 fully saturated rings. The molecule has 4 unspecified atom stereocenters. The predicted octanol–water partition coefficient (Wildman–Crippen LogP) is 5.46. The van der Waals surface area contributed by atoms with Gasteiger partial charge >= 0.3 is 0 Å². The Bertz CT molecular complexity index is 2120. The maximum atomic E-state index is 13.3. The first-order valence-electron chi connectivity index (χ1n) is 15.7. The van der Waals surface area contributed by atoms with Gasteiger partial charge in [-0.05, 0) is 44.8 Å². The molecule has 250 valence electrons. The number of fused-ring (bicyclic) bond motifs is 1. The standard InChI is InChI=1S/C36H34N6O5S2/c1-42-36(39-40-41-42)48-23-30-32(26-7-3-2-4-8-26)34(28-16-14-25(22-43)15-17-28)47-35(46-30)29-18-12-24(13-19-29)21-38-49(44,45)31-11-5-9-27-10-6-20-37-33(27)31/h2-20,30,32,34-35,38,43H,21-23H2,1H3. The molecule has 1 aliphatic heterocycles. The van der Waals surface area contributed by atoms with Gasteiger partial charge in [0.05, 0.1) is 24.3 Å². The van der Waals surface area contributed by atoms with Crippen LogP contribution in [0.4, 0.5) is 0 Å². The van der Waals surface area contributed by atoms with Crippen molar-refractivity contribution in [3.05, 3.63) is 143 Å². The van der Waals surface area contributed by atoms with Gasteiger partial charge in [-0.15, -0.1) is 5.10 Å². The number of rotatable bonds is 11. The van der Waals surface area contributed by atoms with Gasteiger partial charge in [0.1, 0.15) is 4.90 Å². The van der Waals surface area contributed by atoms with E-state index in [1.807, 2.05) is 78.9 Å². The smallest absolute Gasteiger partial charge is 0.243 e. The van der Waals surface area contributed by atoms with Crippen molar-refractivity contribution >= 4 is 32.7 Å². The van der Waals surface area contributed by atoms with Crippen LogP contribution < -0.4 is 4.72 Å². The number of hydrogen-bond acceptors (Lipinski definition) is 10. The summed E-state index contributed by atoms with van der Waals surface area (Å²) in [5.41, 5.74) is 4.84. The molecular weight excluding hydrogens is 661 g/mol. The molecule has 2 N–H and O–H groups in total. The molecule has 11 nitrogen and oxygen atoms in total. The second-order valence-electron chi connectivity index (χ2n) is 11.7. The Morgan fingerprint density at radius 2 is 1.57 bits per heavy atom. The average Bonchev–Trinajstić information content (AvgIpc) is 3.57. The van der Waals surface area contributed by atoms with Gasteiger partial charge in [-0.2, -0.15) is 0 Å². The first kappa shape index (κ1) is 33.0. The monoisotopic (exact) mass is 694 g/mol. The molecule has 7 rings (SSSR count). The molecule has 4 aromatic carbocycles. The maximum absolute atomic E-state index is 13.3. The summed E-state index contributed by atoms with van der Waals surface area (Å²) < 4.78 is 44.4. The van der Waals surface area contributed by atoms with E-state index in [2.05, 4.69) is 37.4 Å². The molecule has 3 heterocycles. The van der Waals surface area contributed by atoms with E-state index in [4.69, 9.17) is 9.47 Å².